The second-order valence-electron chi connectivity index (χ2n) is 2.97. The lowest BCUT2D eigenvalue weighted by Gasteiger charge is -2.06. The summed E-state index contributed by atoms with van der Waals surface area (Å²) in [4.78, 5) is 1.03. The van der Waals surface area contributed by atoms with Crippen LogP contribution in [0.15, 0.2) is 22.4 Å². The van der Waals surface area contributed by atoms with Crippen molar-refractivity contribution in [3.05, 3.63) is 28.6 Å². The highest BCUT2D eigenvalue weighted by Gasteiger charge is 2.07. The van der Waals surface area contributed by atoms with Crippen LogP contribution in [0.3, 0.4) is 0 Å². The van der Waals surface area contributed by atoms with E-state index in [1.54, 1.807) is 11.3 Å². The Kier molecular flexibility index (Phi) is 2.54. The smallest absolute Gasteiger partial charge is 0.0483 e. The zero-order valence-electron chi connectivity index (χ0n) is 7.17. The van der Waals surface area contributed by atoms with Crippen molar-refractivity contribution < 1.29 is 0 Å². The van der Waals surface area contributed by atoms with E-state index in [2.05, 4.69) is 37.1 Å². The number of thiophene rings is 1. The first-order valence-corrected chi connectivity index (χ1v) is 5.84. The monoisotopic (exact) mass is 228 g/mol. The van der Waals surface area contributed by atoms with Gasteiger partial charge in [-0.25, -0.2) is 0 Å². The highest BCUT2D eigenvalue weighted by Crippen LogP contribution is 2.31. The van der Waals surface area contributed by atoms with Crippen LogP contribution in [0.4, 0.5) is 0 Å². The van der Waals surface area contributed by atoms with E-state index in [0.29, 0.717) is 5.88 Å². The molecule has 2 rings (SSSR count). The SMILES string of the molecule is Cc1c(S)cc2sccc2c1CCl. The maximum atomic E-state index is 5.91. The average molecular weight is 229 g/mol. The fourth-order valence-electron chi connectivity index (χ4n) is 1.44. The van der Waals surface area contributed by atoms with Gasteiger partial charge in [0.1, 0.15) is 0 Å². The van der Waals surface area contributed by atoms with Gasteiger partial charge < -0.3 is 0 Å². The standard InChI is InChI=1S/C10H9ClS2/c1-6-8(5-11)7-2-3-13-10(7)4-9(6)12/h2-4,12H,5H2,1H3. The minimum absolute atomic E-state index is 0.563. The summed E-state index contributed by atoms with van der Waals surface area (Å²) in [5.74, 6) is 0.563. The van der Waals surface area contributed by atoms with Gasteiger partial charge in [-0.1, -0.05) is 0 Å². The fourth-order valence-corrected chi connectivity index (χ4v) is 2.99. The van der Waals surface area contributed by atoms with Crippen LogP contribution >= 0.6 is 35.6 Å². The summed E-state index contributed by atoms with van der Waals surface area (Å²) in [7, 11) is 0. The molecular weight excluding hydrogens is 220 g/mol. The van der Waals surface area contributed by atoms with Crippen molar-refractivity contribution in [3.63, 3.8) is 0 Å². The van der Waals surface area contributed by atoms with E-state index >= 15 is 0 Å². The van der Waals surface area contributed by atoms with E-state index in [0.717, 1.165) is 4.90 Å². The first kappa shape index (κ1) is 9.38. The summed E-state index contributed by atoms with van der Waals surface area (Å²) < 4.78 is 1.27. The molecule has 68 valence electrons. The predicted molar refractivity (Wildman–Crippen MR) is 63.4 cm³/mol. The van der Waals surface area contributed by atoms with Gasteiger partial charge in [0.15, 0.2) is 0 Å². The van der Waals surface area contributed by atoms with Crippen molar-refractivity contribution in [1.82, 2.24) is 0 Å². The Hall–Kier alpha value is -0.180. The largest absolute Gasteiger partial charge is 0.144 e. The second-order valence-corrected chi connectivity index (χ2v) is 4.66. The van der Waals surface area contributed by atoms with Crippen LogP contribution in [0.25, 0.3) is 10.1 Å². The minimum Gasteiger partial charge on any atom is -0.144 e. The summed E-state index contributed by atoms with van der Waals surface area (Å²) in [5, 5.41) is 3.36. The van der Waals surface area contributed by atoms with Crippen LogP contribution in [0, 0.1) is 6.92 Å². The molecule has 0 aliphatic rings. The Balaban J connectivity index is 2.87. The molecule has 1 heterocycles. The number of hydrogen-bond acceptors (Lipinski definition) is 2. The molecule has 0 unspecified atom stereocenters. The lowest BCUT2D eigenvalue weighted by molar-refractivity contribution is 1.25. The highest BCUT2D eigenvalue weighted by molar-refractivity contribution is 7.80. The molecule has 0 aliphatic heterocycles. The maximum absolute atomic E-state index is 5.91. The number of alkyl halides is 1. The fraction of sp³-hybridized carbons (Fsp3) is 0.200. The molecule has 0 nitrogen and oxygen atoms in total. The summed E-state index contributed by atoms with van der Waals surface area (Å²) in [6.45, 7) is 2.07. The summed E-state index contributed by atoms with van der Waals surface area (Å²) in [5.41, 5.74) is 2.41. The Morgan fingerprint density at radius 3 is 3.00 bits per heavy atom. The molecule has 3 heteroatoms. The molecule has 0 aliphatic carbocycles. The molecule has 0 N–H and O–H groups in total. The summed E-state index contributed by atoms with van der Waals surface area (Å²) in [6, 6.07) is 4.23. The number of halogens is 1. The molecular formula is C10H9ClS2. The van der Waals surface area contributed by atoms with Gasteiger partial charge in [-0.3, -0.25) is 0 Å². The summed E-state index contributed by atoms with van der Waals surface area (Å²) >= 11 is 12.1. The Morgan fingerprint density at radius 2 is 2.31 bits per heavy atom. The molecule has 0 saturated heterocycles. The van der Waals surface area contributed by atoms with E-state index in [-0.39, 0.29) is 0 Å². The molecule has 0 amide bonds. The highest BCUT2D eigenvalue weighted by atomic mass is 35.5. The maximum Gasteiger partial charge on any atom is 0.0483 e. The van der Waals surface area contributed by atoms with Crippen LogP contribution < -0.4 is 0 Å². The topological polar surface area (TPSA) is 0 Å². The number of thiol groups is 1. The molecule has 0 spiro atoms. The van der Waals surface area contributed by atoms with E-state index in [4.69, 9.17) is 11.6 Å². The number of rotatable bonds is 1. The molecule has 0 fully saturated rings. The third kappa shape index (κ3) is 1.47. The number of fused-ring (bicyclic) bond motifs is 1. The third-order valence-corrected chi connectivity index (χ3v) is 3.85. The number of benzene rings is 1. The van der Waals surface area contributed by atoms with Crippen molar-refractivity contribution >= 4 is 45.7 Å². The lowest BCUT2D eigenvalue weighted by atomic mass is 10.1. The molecule has 0 radical (unpaired) electrons. The van der Waals surface area contributed by atoms with Crippen molar-refractivity contribution in [2.45, 2.75) is 17.7 Å². The van der Waals surface area contributed by atoms with E-state index in [9.17, 15) is 0 Å². The van der Waals surface area contributed by atoms with Crippen LogP contribution in [-0.2, 0) is 5.88 Å². The molecule has 0 saturated carbocycles. The molecule has 1 aromatic carbocycles. The van der Waals surface area contributed by atoms with Crippen molar-refractivity contribution in [2.75, 3.05) is 0 Å². The molecule has 1 aromatic heterocycles. The quantitative estimate of drug-likeness (QED) is 0.548. The van der Waals surface area contributed by atoms with Crippen LogP contribution in [0.2, 0.25) is 0 Å². The normalized spacial score (nSPS) is 11.0. The Labute approximate surface area is 91.9 Å². The minimum atomic E-state index is 0.563. The van der Waals surface area contributed by atoms with Gasteiger partial charge in [-0.15, -0.1) is 35.6 Å². The molecule has 0 atom stereocenters. The van der Waals surface area contributed by atoms with Gasteiger partial charge in [0.2, 0.25) is 0 Å². The molecule has 2 aromatic rings. The second kappa shape index (κ2) is 3.52. The van der Waals surface area contributed by atoms with E-state index in [1.807, 2.05) is 0 Å². The van der Waals surface area contributed by atoms with Gasteiger partial charge in [-0.05, 0) is 40.9 Å². The van der Waals surface area contributed by atoms with Gasteiger partial charge >= 0.3 is 0 Å². The van der Waals surface area contributed by atoms with Gasteiger partial charge in [0, 0.05) is 15.5 Å². The van der Waals surface area contributed by atoms with E-state index in [1.165, 1.54) is 21.2 Å². The lowest BCUT2D eigenvalue weighted by Crippen LogP contribution is -1.87. The van der Waals surface area contributed by atoms with Crippen molar-refractivity contribution in [1.29, 1.82) is 0 Å². The van der Waals surface area contributed by atoms with Gasteiger partial charge in [0.25, 0.3) is 0 Å². The van der Waals surface area contributed by atoms with E-state index < -0.39 is 0 Å². The molecule has 0 bridgehead atoms. The van der Waals surface area contributed by atoms with Gasteiger partial charge in [-0.2, -0.15) is 0 Å². The predicted octanol–water partition coefficient (Wildman–Crippen LogP) is 4.24. The zero-order valence-corrected chi connectivity index (χ0v) is 9.64. The van der Waals surface area contributed by atoms with Crippen LogP contribution in [0.1, 0.15) is 11.1 Å². The average Bonchev–Trinajstić information content (AvgIpc) is 2.54. The third-order valence-electron chi connectivity index (χ3n) is 2.26. The zero-order chi connectivity index (χ0) is 9.42. The Morgan fingerprint density at radius 1 is 1.54 bits per heavy atom. The number of hydrogen-bond donors (Lipinski definition) is 1. The Bertz CT molecular complexity index is 445. The van der Waals surface area contributed by atoms with Crippen LogP contribution in [-0.4, -0.2) is 0 Å². The van der Waals surface area contributed by atoms with Crippen molar-refractivity contribution in [3.8, 4) is 0 Å². The summed E-state index contributed by atoms with van der Waals surface area (Å²) in [6.07, 6.45) is 0. The first-order chi connectivity index (χ1) is 6.24. The van der Waals surface area contributed by atoms with Gasteiger partial charge in [0.05, 0.1) is 0 Å². The van der Waals surface area contributed by atoms with Crippen LogP contribution in [0.5, 0.6) is 0 Å². The first-order valence-electron chi connectivity index (χ1n) is 3.98. The molecule has 13 heavy (non-hydrogen) atoms. The van der Waals surface area contributed by atoms with Crippen molar-refractivity contribution in [2.24, 2.45) is 0 Å².